The van der Waals surface area contributed by atoms with Gasteiger partial charge in [0.1, 0.15) is 0 Å². The van der Waals surface area contributed by atoms with E-state index in [4.69, 9.17) is 5.26 Å². The van der Waals surface area contributed by atoms with Gasteiger partial charge in [-0.05, 0) is 37.6 Å². The molecule has 1 rings (SSSR count). The third-order valence-electron chi connectivity index (χ3n) is 3.10. The molecule has 0 aromatic rings. The average Bonchev–Trinajstić information content (AvgIpc) is 2.11. The van der Waals surface area contributed by atoms with E-state index in [1.165, 1.54) is 25.7 Å². The van der Waals surface area contributed by atoms with E-state index in [0.29, 0.717) is 17.9 Å². The lowest BCUT2D eigenvalue weighted by Crippen LogP contribution is -2.37. The Morgan fingerprint density at radius 3 is 2.93 bits per heavy atom. The maximum atomic E-state index is 8.41. The summed E-state index contributed by atoms with van der Waals surface area (Å²) in [6.07, 6.45) is 7.00. The Bertz CT molecular complexity index is 203. The van der Waals surface area contributed by atoms with Gasteiger partial charge in [-0.3, -0.25) is 0 Å². The average molecular weight is 194 g/mol. The van der Waals surface area contributed by atoms with Crippen molar-refractivity contribution in [2.45, 2.75) is 58.4 Å². The number of nitrogens with one attached hydrogen (secondary N) is 1. The normalized spacial score (nSPS) is 25.6. The van der Waals surface area contributed by atoms with E-state index < -0.39 is 0 Å². The summed E-state index contributed by atoms with van der Waals surface area (Å²) >= 11 is 0. The summed E-state index contributed by atoms with van der Waals surface area (Å²) in [6, 6.07) is 2.87. The topological polar surface area (TPSA) is 35.8 Å². The summed E-state index contributed by atoms with van der Waals surface area (Å²) in [6.45, 7) is 5.72. The summed E-state index contributed by atoms with van der Waals surface area (Å²) in [4.78, 5) is 0. The molecule has 0 amide bonds. The summed E-state index contributed by atoms with van der Waals surface area (Å²) in [5, 5.41) is 12.0. The molecule has 0 radical (unpaired) electrons. The van der Waals surface area contributed by atoms with Gasteiger partial charge in [-0.25, -0.2) is 0 Å². The zero-order chi connectivity index (χ0) is 10.4. The molecular weight excluding hydrogens is 172 g/mol. The number of rotatable bonds is 4. The SMILES string of the molecule is CC1(C)CCCC(NCCCC#N)C1. The van der Waals surface area contributed by atoms with E-state index in [9.17, 15) is 0 Å². The summed E-state index contributed by atoms with van der Waals surface area (Å²) in [5.41, 5.74) is 0.519. The van der Waals surface area contributed by atoms with Crippen molar-refractivity contribution in [1.82, 2.24) is 5.32 Å². The zero-order valence-corrected chi connectivity index (χ0v) is 9.47. The molecule has 1 N–H and O–H groups in total. The number of hydrogen-bond donors (Lipinski definition) is 1. The minimum atomic E-state index is 0.519. The van der Waals surface area contributed by atoms with Crippen LogP contribution in [-0.2, 0) is 0 Å². The summed E-state index contributed by atoms with van der Waals surface area (Å²) < 4.78 is 0. The van der Waals surface area contributed by atoms with Gasteiger partial charge >= 0.3 is 0 Å². The second-order valence-corrected chi connectivity index (χ2v) is 5.17. The predicted molar refractivity (Wildman–Crippen MR) is 58.9 cm³/mol. The Hall–Kier alpha value is -0.550. The summed E-state index contributed by atoms with van der Waals surface area (Å²) in [5.74, 6) is 0. The van der Waals surface area contributed by atoms with Crippen molar-refractivity contribution < 1.29 is 0 Å². The second kappa shape index (κ2) is 5.36. The number of nitrogens with zero attached hydrogens (tertiary/aromatic N) is 1. The highest BCUT2D eigenvalue weighted by molar-refractivity contribution is 4.83. The molecule has 2 nitrogen and oxygen atoms in total. The molecule has 0 aromatic heterocycles. The number of nitriles is 1. The van der Waals surface area contributed by atoms with Crippen LogP contribution < -0.4 is 5.32 Å². The monoisotopic (exact) mass is 194 g/mol. The molecule has 1 aliphatic rings. The van der Waals surface area contributed by atoms with Crippen molar-refractivity contribution >= 4 is 0 Å². The number of hydrogen-bond acceptors (Lipinski definition) is 2. The molecule has 80 valence electrons. The largest absolute Gasteiger partial charge is 0.314 e. The van der Waals surface area contributed by atoms with E-state index in [1.54, 1.807) is 0 Å². The van der Waals surface area contributed by atoms with Gasteiger partial charge in [0.05, 0.1) is 6.07 Å². The molecule has 1 unspecified atom stereocenters. The van der Waals surface area contributed by atoms with Crippen LogP contribution in [-0.4, -0.2) is 12.6 Å². The number of unbranched alkanes of at least 4 members (excludes halogenated alkanes) is 1. The lowest BCUT2D eigenvalue weighted by molar-refractivity contribution is 0.198. The molecule has 0 bridgehead atoms. The quantitative estimate of drug-likeness (QED) is 0.698. The van der Waals surface area contributed by atoms with Crippen LogP contribution in [0.3, 0.4) is 0 Å². The smallest absolute Gasteiger partial charge is 0.0622 e. The van der Waals surface area contributed by atoms with Crippen LogP contribution in [0.25, 0.3) is 0 Å². The van der Waals surface area contributed by atoms with Crippen molar-refractivity contribution in [2.75, 3.05) is 6.54 Å². The van der Waals surface area contributed by atoms with Gasteiger partial charge in [0.15, 0.2) is 0 Å². The van der Waals surface area contributed by atoms with Crippen LogP contribution in [0.5, 0.6) is 0 Å². The molecular formula is C12H22N2. The van der Waals surface area contributed by atoms with Gasteiger partial charge in [-0.2, -0.15) is 5.26 Å². The Kier molecular flexibility index (Phi) is 4.41. The minimum absolute atomic E-state index is 0.519. The van der Waals surface area contributed by atoms with Crippen LogP contribution >= 0.6 is 0 Å². The maximum absolute atomic E-state index is 8.41. The standard InChI is InChI=1S/C12H22N2/c1-12(2)7-5-6-11(10-12)14-9-4-3-8-13/h11,14H,3-7,9-10H2,1-2H3. The molecule has 1 atom stereocenters. The van der Waals surface area contributed by atoms with Gasteiger partial charge in [0, 0.05) is 12.5 Å². The Labute approximate surface area is 87.7 Å². The Morgan fingerprint density at radius 1 is 1.50 bits per heavy atom. The van der Waals surface area contributed by atoms with E-state index in [2.05, 4.69) is 25.2 Å². The zero-order valence-electron chi connectivity index (χ0n) is 9.47. The fourth-order valence-electron chi connectivity index (χ4n) is 2.35. The first-order valence-electron chi connectivity index (χ1n) is 5.74. The molecule has 0 saturated heterocycles. The molecule has 0 spiro atoms. The minimum Gasteiger partial charge on any atom is -0.314 e. The van der Waals surface area contributed by atoms with Crippen molar-refractivity contribution in [2.24, 2.45) is 5.41 Å². The van der Waals surface area contributed by atoms with Gasteiger partial charge in [0.25, 0.3) is 0 Å². The first kappa shape index (κ1) is 11.5. The first-order valence-corrected chi connectivity index (χ1v) is 5.74. The van der Waals surface area contributed by atoms with E-state index >= 15 is 0 Å². The Balaban J connectivity index is 2.15. The lowest BCUT2D eigenvalue weighted by atomic mass is 9.75. The lowest BCUT2D eigenvalue weighted by Gasteiger charge is -2.35. The van der Waals surface area contributed by atoms with Gasteiger partial charge in [-0.1, -0.05) is 20.3 Å². The van der Waals surface area contributed by atoms with E-state index in [0.717, 1.165) is 13.0 Å². The predicted octanol–water partition coefficient (Wildman–Crippen LogP) is 2.85. The highest BCUT2D eigenvalue weighted by Gasteiger charge is 2.27. The van der Waals surface area contributed by atoms with Crippen LogP contribution in [0, 0.1) is 16.7 Å². The fraction of sp³-hybridized carbons (Fsp3) is 0.917. The highest BCUT2D eigenvalue weighted by Crippen LogP contribution is 2.34. The van der Waals surface area contributed by atoms with Crippen LogP contribution in [0.4, 0.5) is 0 Å². The third kappa shape index (κ3) is 4.11. The maximum Gasteiger partial charge on any atom is 0.0622 e. The third-order valence-corrected chi connectivity index (χ3v) is 3.10. The van der Waals surface area contributed by atoms with Gasteiger partial charge in [-0.15, -0.1) is 0 Å². The van der Waals surface area contributed by atoms with Gasteiger partial charge in [0.2, 0.25) is 0 Å². The molecule has 0 aliphatic heterocycles. The Morgan fingerprint density at radius 2 is 2.29 bits per heavy atom. The molecule has 1 aliphatic carbocycles. The second-order valence-electron chi connectivity index (χ2n) is 5.17. The molecule has 0 aromatic carbocycles. The molecule has 0 heterocycles. The van der Waals surface area contributed by atoms with Crippen LogP contribution in [0.2, 0.25) is 0 Å². The highest BCUT2D eigenvalue weighted by atomic mass is 14.9. The molecule has 14 heavy (non-hydrogen) atoms. The molecule has 2 heteroatoms. The van der Waals surface area contributed by atoms with Crippen LogP contribution in [0.15, 0.2) is 0 Å². The van der Waals surface area contributed by atoms with Crippen molar-refractivity contribution in [1.29, 1.82) is 5.26 Å². The van der Waals surface area contributed by atoms with Crippen molar-refractivity contribution in [3.8, 4) is 6.07 Å². The van der Waals surface area contributed by atoms with E-state index in [-0.39, 0.29) is 0 Å². The molecule has 1 saturated carbocycles. The van der Waals surface area contributed by atoms with Crippen molar-refractivity contribution in [3.05, 3.63) is 0 Å². The van der Waals surface area contributed by atoms with Crippen LogP contribution in [0.1, 0.15) is 52.4 Å². The van der Waals surface area contributed by atoms with E-state index in [1.807, 2.05) is 0 Å². The first-order chi connectivity index (χ1) is 6.64. The summed E-state index contributed by atoms with van der Waals surface area (Å²) in [7, 11) is 0. The van der Waals surface area contributed by atoms with Crippen molar-refractivity contribution in [3.63, 3.8) is 0 Å². The van der Waals surface area contributed by atoms with Gasteiger partial charge < -0.3 is 5.32 Å². The molecule has 1 fully saturated rings. The fourth-order valence-corrected chi connectivity index (χ4v) is 2.35.